The lowest BCUT2D eigenvalue weighted by molar-refractivity contribution is -0.136. The molecule has 1 aromatic carbocycles. The van der Waals surface area contributed by atoms with Crippen LogP contribution in [0.2, 0.25) is 0 Å². The Hall–Kier alpha value is -1.93. The molecule has 0 saturated carbocycles. The molecule has 0 aliphatic carbocycles. The normalized spacial score (nSPS) is 10.3. The van der Waals surface area contributed by atoms with E-state index in [1.54, 1.807) is 17.5 Å². The van der Waals surface area contributed by atoms with Crippen LogP contribution in [0.3, 0.4) is 0 Å². The summed E-state index contributed by atoms with van der Waals surface area (Å²) in [5.41, 5.74) is 0.411. The summed E-state index contributed by atoms with van der Waals surface area (Å²) in [6, 6.07) is 5.86. The SMILES string of the molecule is O=C(O)Cc1csc(NC(=O)CSc2ccc(F)cc2)n1. The van der Waals surface area contributed by atoms with Crippen LogP contribution in [-0.4, -0.2) is 27.7 Å². The highest BCUT2D eigenvalue weighted by atomic mass is 32.2. The molecule has 2 rings (SSSR count). The number of carboxylic acids is 1. The van der Waals surface area contributed by atoms with Crippen molar-refractivity contribution in [3.8, 4) is 0 Å². The lowest BCUT2D eigenvalue weighted by Gasteiger charge is -2.02. The third-order valence-electron chi connectivity index (χ3n) is 2.31. The van der Waals surface area contributed by atoms with Crippen molar-refractivity contribution in [2.75, 3.05) is 11.1 Å². The number of nitrogens with one attached hydrogen (secondary N) is 1. The van der Waals surface area contributed by atoms with Gasteiger partial charge in [-0.25, -0.2) is 9.37 Å². The molecule has 8 heteroatoms. The van der Waals surface area contributed by atoms with Gasteiger partial charge in [0, 0.05) is 10.3 Å². The van der Waals surface area contributed by atoms with Crippen molar-refractivity contribution in [3.05, 3.63) is 41.2 Å². The zero-order chi connectivity index (χ0) is 15.2. The molecule has 0 atom stereocenters. The first kappa shape index (κ1) is 15.5. The molecule has 0 radical (unpaired) electrons. The van der Waals surface area contributed by atoms with Gasteiger partial charge in [0.1, 0.15) is 5.82 Å². The van der Waals surface area contributed by atoms with Gasteiger partial charge in [0.2, 0.25) is 5.91 Å². The molecule has 0 unspecified atom stereocenters. The number of carboxylic acid groups (broad SMARTS) is 1. The molecule has 2 N–H and O–H groups in total. The van der Waals surface area contributed by atoms with Gasteiger partial charge in [0.15, 0.2) is 5.13 Å². The van der Waals surface area contributed by atoms with Crippen LogP contribution >= 0.6 is 23.1 Å². The van der Waals surface area contributed by atoms with E-state index in [9.17, 15) is 14.0 Å². The zero-order valence-corrected chi connectivity index (χ0v) is 12.3. The fraction of sp³-hybridized carbons (Fsp3) is 0.154. The van der Waals surface area contributed by atoms with Gasteiger partial charge in [-0.1, -0.05) is 0 Å². The van der Waals surface area contributed by atoms with Gasteiger partial charge in [-0.3, -0.25) is 9.59 Å². The first-order valence-corrected chi connectivity index (χ1v) is 7.74. The van der Waals surface area contributed by atoms with E-state index in [0.29, 0.717) is 10.8 Å². The molecule has 0 saturated heterocycles. The Morgan fingerprint density at radius 3 is 2.71 bits per heavy atom. The number of nitrogens with zero attached hydrogens (tertiary/aromatic N) is 1. The molecule has 1 aromatic heterocycles. The van der Waals surface area contributed by atoms with Crippen LogP contribution in [0.25, 0.3) is 0 Å². The van der Waals surface area contributed by atoms with E-state index in [4.69, 9.17) is 5.11 Å². The summed E-state index contributed by atoms with van der Waals surface area (Å²) in [5.74, 6) is -1.37. The Bertz CT molecular complexity index is 643. The molecular formula is C13H11FN2O3S2. The number of aliphatic carboxylic acids is 1. The number of thioether (sulfide) groups is 1. The second kappa shape index (κ2) is 7.19. The standard InChI is InChI=1S/C13H11FN2O3S2/c14-8-1-3-10(4-2-8)20-7-11(17)16-13-15-9(6-21-13)5-12(18)19/h1-4,6H,5,7H2,(H,18,19)(H,15,16,17). The van der Waals surface area contributed by atoms with E-state index in [1.165, 1.54) is 35.2 Å². The predicted molar refractivity (Wildman–Crippen MR) is 79.2 cm³/mol. The Balaban J connectivity index is 1.82. The number of amides is 1. The van der Waals surface area contributed by atoms with Gasteiger partial charge in [0.25, 0.3) is 0 Å². The highest BCUT2D eigenvalue weighted by Gasteiger charge is 2.09. The molecule has 0 aliphatic heterocycles. The summed E-state index contributed by atoms with van der Waals surface area (Å²) in [6.07, 6.45) is -0.170. The minimum absolute atomic E-state index is 0.166. The fourth-order valence-corrected chi connectivity index (χ4v) is 2.86. The van der Waals surface area contributed by atoms with Gasteiger partial charge in [0.05, 0.1) is 17.9 Å². The molecule has 0 aliphatic rings. The maximum atomic E-state index is 12.7. The van der Waals surface area contributed by atoms with Crippen LogP contribution < -0.4 is 5.32 Å². The minimum Gasteiger partial charge on any atom is -0.481 e. The molecule has 0 spiro atoms. The molecular weight excluding hydrogens is 315 g/mol. The smallest absolute Gasteiger partial charge is 0.309 e. The van der Waals surface area contributed by atoms with E-state index < -0.39 is 5.97 Å². The predicted octanol–water partition coefficient (Wildman–Crippen LogP) is 2.64. The van der Waals surface area contributed by atoms with Gasteiger partial charge >= 0.3 is 5.97 Å². The maximum Gasteiger partial charge on any atom is 0.309 e. The summed E-state index contributed by atoms with van der Waals surface area (Å²) in [5, 5.41) is 13.2. The van der Waals surface area contributed by atoms with E-state index in [2.05, 4.69) is 10.3 Å². The fourth-order valence-electron chi connectivity index (χ4n) is 1.44. The van der Waals surface area contributed by atoms with Gasteiger partial charge in [-0.05, 0) is 24.3 Å². The summed E-state index contributed by atoms with van der Waals surface area (Å²) in [6.45, 7) is 0. The van der Waals surface area contributed by atoms with Crippen molar-refractivity contribution in [1.82, 2.24) is 4.98 Å². The third kappa shape index (κ3) is 5.16. The van der Waals surface area contributed by atoms with Crippen LogP contribution in [0.4, 0.5) is 9.52 Å². The average molecular weight is 326 g/mol. The molecule has 1 heterocycles. The molecule has 0 fully saturated rings. The Kier molecular flexibility index (Phi) is 5.29. The van der Waals surface area contributed by atoms with Crippen molar-refractivity contribution < 1.29 is 19.1 Å². The monoisotopic (exact) mass is 326 g/mol. The Morgan fingerprint density at radius 2 is 2.05 bits per heavy atom. The number of benzene rings is 1. The van der Waals surface area contributed by atoms with Crippen LogP contribution in [0.5, 0.6) is 0 Å². The van der Waals surface area contributed by atoms with Crippen molar-refractivity contribution >= 4 is 40.1 Å². The number of thiazole rings is 1. The number of halogens is 1. The second-order valence-corrected chi connectivity index (χ2v) is 5.91. The number of hydrogen-bond acceptors (Lipinski definition) is 5. The number of anilines is 1. The molecule has 1 amide bonds. The van der Waals surface area contributed by atoms with Gasteiger partial charge in [-0.15, -0.1) is 23.1 Å². The van der Waals surface area contributed by atoms with Crippen molar-refractivity contribution in [2.45, 2.75) is 11.3 Å². The number of carbonyl (C=O) groups excluding carboxylic acids is 1. The van der Waals surface area contributed by atoms with Crippen LogP contribution in [0, 0.1) is 5.82 Å². The largest absolute Gasteiger partial charge is 0.481 e. The Labute approximate surface area is 128 Å². The Morgan fingerprint density at radius 1 is 1.33 bits per heavy atom. The van der Waals surface area contributed by atoms with E-state index in [1.807, 2.05) is 0 Å². The summed E-state index contributed by atoms with van der Waals surface area (Å²) < 4.78 is 12.7. The summed E-state index contributed by atoms with van der Waals surface area (Å²) in [4.78, 5) is 27.1. The van der Waals surface area contributed by atoms with E-state index >= 15 is 0 Å². The first-order valence-electron chi connectivity index (χ1n) is 5.87. The summed E-state index contributed by atoms with van der Waals surface area (Å²) in [7, 11) is 0. The van der Waals surface area contributed by atoms with Crippen molar-refractivity contribution in [1.29, 1.82) is 0 Å². The number of carbonyl (C=O) groups is 2. The molecule has 21 heavy (non-hydrogen) atoms. The number of aromatic nitrogens is 1. The number of rotatable bonds is 6. The lowest BCUT2D eigenvalue weighted by atomic mass is 10.3. The van der Waals surface area contributed by atoms with E-state index in [-0.39, 0.29) is 23.9 Å². The van der Waals surface area contributed by atoms with Crippen LogP contribution in [0.15, 0.2) is 34.5 Å². The maximum absolute atomic E-state index is 12.7. The van der Waals surface area contributed by atoms with Crippen molar-refractivity contribution in [3.63, 3.8) is 0 Å². The highest BCUT2D eigenvalue weighted by Crippen LogP contribution is 2.20. The minimum atomic E-state index is -0.968. The first-order chi connectivity index (χ1) is 10.0. The topological polar surface area (TPSA) is 79.3 Å². The van der Waals surface area contributed by atoms with Gasteiger partial charge in [-0.2, -0.15) is 0 Å². The zero-order valence-electron chi connectivity index (χ0n) is 10.7. The van der Waals surface area contributed by atoms with Crippen molar-refractivity contribution in [2.24, 2.45) is 0 Å². The second-order valence-electron chi connectivity index (χ2n) is 4.01. The van der Waals surface area contributed by atoms with E-state index in [0.717, 1.165) is 4.90 Å². The summed E-state index contributed by atoms with van der Waals surface area (Å²) >= 11 is 2.46. The molecule has 2 aromatic rings. The lowest BCUT2D eigenvalue weighted by Crippen LogP contribution is -2.14. The molecule has 5 nitrogen and oxygen atoms in total. The quantitative estimate of drug-likeness (QED) is 0.798. The highest BCUT2D eigenvalue weighted by molar-refractivity contribution is 8.00. The number of hydrogen-bond donors (Lipinski definition) is 2. The van der Waals surface area contributed by atoms with Gasteiger partial charge < -0.3 is 10.4 Å². The molecule has 0 bridgehead atoms. The van der Waals surface area contributed by atoms with Crippen LogP contribution in [0.1, 0.15) is 5.69 Å². The average Bonchev–Trinajstić information content (AvgIpc) is 2.84. The molecule has 110 valence electrons. The third-order valence-corrected chi connectivity index (χ3v) is 4.13. The van der Waals surface area contributed by atoms with Crippen LogP contribution in [-0.2, 0) is 16.0 Å².